The number of furan rings is 1. The maximum atomic E-state index is 11.9. The summed E-state index contributed by atoms with van der Waals surface area (Å²) in [5.74, 6) is -0.513. The number of ether oxygens (including phenoxy) is 1. The van der Waals surface area contributed by atoms with Crippen molar-refractivity contribution in [3.63, 3.8) is 0 Å². The SMILES string of the molecule is CCOC(=O)CNC(=O)c1ccc(-c2ccc(Cl)cc2Cl)o1. The number of benzene rings is 1. The third-order valence-corrected chi connectivity index (χ3v) is 3.27. The van der Waals surface area contributed by atoms with Crippen molar-refractivity contribution in [1.29, 1.82) is 0 Å². The lowest BCUT2D eigenvalue weighted by atomic mass is 10.2. The number of carbonyl (C=O) groups is 2. The third kappa shape index (κ3) is 4.02. The highest BCUT2D eigenvalue weighted by atomic mass is 35.5. The number of amides is 1. The van der Waals surface area contributed by atoms with Gasteiger partial charge in [0.15, 0.2) is 5.76 Å². The molecule has 0 unspecified atom stereocenters. The normalized spacial score (nSPS) is 10.3. The Balaban J connectivity index is 2.07. The Hall–Kier alpha value is -1.98. The summed E-state index contributed by atoms with van der Waals surface area (Å²) in [6.07, 6.45) is 0. The third-order valence-electron chi connectivity index (χ3n) is 2.72. The molecule has 2 rings (SSSR count). The van der Waals surface area contributed by atoms with E-state index in [0.717, 1.165) is 0 Å². The van der Waals surface area contributed by atoms with Gasteiger partial charge in [-0.1, -0.05) is 23.2 Å². The van der Waals surface area contributed by atoms with E-state index in [1.165, 1.54) is 6.07 Å². The first-order valence-electron chi connectivity index (χ1n) is 6.50. The van der Waals surface area contributed by atoms with Gasteiger partial charge in [0.2, 0.25) is 0 Å². The molecule has 0 aliphatic rings. The number of halogens is 2. The Morgan fingerprint density at radius 2 is 2.00 bits per heavy atom. The van der Waals surface area contributed by atoms with Gasteiger partial charge in [-0.05, 0) is 37.3 Å². The quantitative estimate of drug-likeness (QED) is 0.844. The summed E-state index contributed by atoms with van der Waals surface area (Å²) in [6.45, 7) is 1.73. The van der Waals surface area contributed by atoms with Crippen LogP contribution in [0.4, 0.5) is 0 Å². The molecule has 0 fully saturated rings. The molecular formula is C15H13Cl2NO4. The number of esters is 1. The van der Waals surface area contributed by atoms with Crippen LogP contribution in [0.3, 0.4) is 0 Å². The molecule has 1 N–H and O–H groups in total. The minimum absolute atomic E-state index is 0.0744. The highest BCUT2D eigenvalue weighted by molar-refractivity contribution is 6.36. The fraction of sp³-hybridized carbons (Fsp3) is 0.200. The van der Waals surface area contributed by atoms with Crippen LogP contribution < -0.4 is 5.32 Å². The molecular weight excluding hydrogens is 329 g/mol. The van der Waals surface area contributed by atoms with Gasteiger partial charge in [0.1, 0.15) is 12.3 Å². The molecule has 7 heteroatoms. The van der Waals surface area contributed by atoms with Crippen LogP contribution in [0.25, 0.3) is 11.3 Å². The van der Waals surface area contributed by atoms with Crippen molar-refractivity contribution in [3.05, 3.63) is 46.1 Å². The van der Waals surface area contributed by atoms with Gasteiger partial charge in [0, 0.05) is 10.6 Å². The van der Waals surface area contributed by atoms with E-state index >= 15 is 0 Å². The van der Waals surface area contributed by atoms with Crippen LogP contribution in [0.1, 0.15) is 17.5 Å². The number of rotatable bonds is 5. The predicted molar refractivity (Wildman–Crippen MR) is 83.1 cm³/mol. The second kappa shape index (κ2) is 7.33. The lowest BCUT2D eigenvalue weighted by molar-refractivity contribution is -0.141. The number of hydrogen-bond acceptors (Lipinski definition) is 4. The van der Waals surface area contributed by atoms with E-state index in [1.807, 2.05) is 0 Å². The second-order valence-electron chi connectivity index (χ2n) is 4.28. The molecule has 0 atom stereocenters. The lowest BCUT2D eigenvalue weighted by Crippen LogP contribution is -2.30. The van der Waals surface area contributed by atoms with Crippen molar-refractivity contribution in [1.82, 2.24) is 5.32 Å². The smallest absolute Gasteiger partial charge is 0.325 e. The van der Waals surface area contributed by atoms with E-state index in [0.29, 0.717) is 21.4 Å². The molecule has 0 spiro atoms. The highest BCUT2D eigenvalue weighted by Gasteiger charge is 2.15. The molecule has 116 valence electrons. The Morgan fingerprint density at radius 3 is 2.68 bits per heavy atom. The van der Waals surface area contributed by atoms with Crippen molar-refractivity contribution >= 4 is 35.1 Å². The summed E-state index contributed by atoms with van der Waals surface area (Å²) in [5.41, 5.74) is 0.621. The molecule has 22 heavy (non-hydrogen) atoms. The Labute approximate surface area is 137 Å². The molecule has 1 amide bonds. The molecule has 5 nitrogen and oxygen atoms in total. The fourth-order valence-electron chi connectivity index (χ4n) is 1.75. The zero-order valence-electron chi connectivity index (χ0n) is 11.7. The van der Waals surface area contributed by atoms with Crippen molar-refractivity contribution in [2.75, 3.05) is 13.2 Å². The molecule has 0 saturated carbocycles. The van der Waals surface area contributed by atoms with Crippen molar-refractivity contribution in [3.8, 4) is 11.3 Å². The molecule has 1 heterocycles. The monoisotopic (exact) mass is 341 g/mol. The summed E-state index contributed by atoms with van der Waals surface area (Å²) >= 11 is 11.9. The van der Waals surface area contributed by atoms with Gasteiger partial charge in [-0.15, -0.1) is 0 Å². The molecule has 0 aliphatic heterocycles. The van der Waals surface area contributed by atoms with Gasteiger partial charge >= 0.3 is 5.97 Å². The second-order valence-corrected chi connectivity index (χ2v) is 5.12. The maximum absolute atomic E-state index is 11.9. The zero-order chi connectivity index (χ0) is 16.1. The number of nitrogens with one attached hydrogen (secondary N) is 1. The highest BCUT2D eigenvalue weighted by Crippen LogP contribution is 2.31. The number of carbonyl (C=O) groups excluding carboxylic acids is 2. The lowest BCUT2D eigenvalue weighted by Gasteiger charge is -2.03. The minimum Gasteiger partial charge on any atom is -0.465 e. The molecule has 1 aromatic heterocycles. The van der Waals surface area contributed by atoms with E-state index in [9.17, 15) is 9.59 Å². The van der Waals surface area contributed by atoms with Crippen molar-refractivity contribution in [2.45, 2.75) is 6.92 Å². The molecule has 0 saturated heterocycles. The van der Waals surface area contributed by atoms with Crippen LogP contribution >= 0.6 is 23.2 Å². The largest absolute Gasteiger partial charge is 0.465 e. The predicted octanol–water partition coefficient (Wildman–Crippen LogP) is 3.55. The van der Waals surface area contributed by atoms with Gasteiger partial charge in [-0.25, -0.2) is 0 Å². The van der Waals surface area contributed by atoms with Gasteiger partial charge < -0.3 is 14.5 Å². The first-order chi connectivity index (χ1) is 10.5. The Bertz CT molecular complexity index is 697. The van der Waals surface area contributed by atoms with Crippen molar-refractivity contribution < 1.29 is 18.7 Å². The molecule has 0 bridgehead atoms. The molecule has 2 aromatic rings. The average molecular weight is 342 g/mol. The van der Waals surface area contributed by atoms with Crippen LogP contribution in [0, 0.1) is 0 Å². The number of hydrogen-bond donors (Lipinski definition) is 1. The van der Waals surface area contributed by atoms with E-state index in [-0.39, 0.29) is 18.9 Å². The van der Waals surface area contributed by atoms with Crippen molar-refractivity contribution in [2.24, 2.45) is 0 Å². The summed E-state index contributed by atoms with van der Waals surface area (Å²) in [6, 6.07) is 8.08. The van der Waals surface area contributed by atoms with Crippen LogP contribution in [0.5, 0.6) is 0 Å². The van der Waals surface area contributed by atoms with E-state index in [2.05, 4.69) is 5.32 Å². The van der Waals surface area contributed by atoms with Crippen LogP contribution in [-0.4, -0.2) is 25.0 Å². The van der Waals surface area contributed by atoms with Crippen LogP contribution in [-0.2, 0) is 9.53 Å². The van der Waals surface area contributed by atoms with Crippen LogP contribution in [0.2, 0.25) is 10.0 Å². The van der Waals surface area contributed by atoms with E-state index < -0.39 is 11.9 Å². The molecule has 0 aliphatic carbocycles. The molecule has 0 radical (unpaired) electrons. The van der Waals surface area contributed by atoms with Gasteiger partial charge in [0.25, 0.3) is 5.91 Å². The fourth-order valence-corrected chi connectivity index (χ4v) is 2.25. The minimum atomic E-state index is -0.511. The standard InChI is InChI=1S/C15H13Cl2NO4/c1-2-21-14(19)8-18-15(20)13-6-5-12(22-13)10-4-3-9(16)7-11(10)17/h3-7H,2,8H2,1H3,(H,18,20). The first kappa shape index (κ1) is 16.4. The van der Waals surface area contributed by atoms with E-state index in [1.54, 1.807) is 31.2 Å². The topological polar surface area (TPSA) is 68.5 Å². The average Bonchev–Trinajstić information content (AvgIpc) is 2.94. The van der Waals surface area contributed by atoms with Gasteiger partial charge in [0.05, 0.1) is 11.6 Å². The Kier molecular flexibility index (Phi) is 5.46. The summed E-state index contributed by atoms with van der Waals surface area (Å²) in [5, 5.41) is 3.33. The summed E-state index contributed by atoms with van der Waals surface area (Å²) < 4.78 is 10.2. The maximum Gasteiger partial charge on any atom is 0.325 e. The van der Waals surface area contributed by atoms with E-state index in [4.69, 9.17) is 32.4 Å². The Morgan fingerprint density at radius 1 is 1.23 bits per heavy atom. The first-order valence-corrected chi connectivity index (χ1v) is 7.26. The molecule has 1 aromatic carbocycles. The van der Waals surface area contributed by atoms with Gasteiger partial charge in [-0.2, -0.15) is 0 Å². The van der Waals surface area contributed by atoms with Crippen LogP contribution in [0.15, 0.2) is 34.7 Å². The van der Waals surface area contributed by atoms with Gasteiger partial charge in [-0.3, -0.25) is 9.59 Å². The summed E-state index contributed by atoms with van der Waals surface area (Å²) in [4.78, 5) is 23.1. The zero-order valence-corrected chi connectivity index (χ0v) is 13.2. The summed E-state index contributed by atoms with van der Waals surface area (Å²) in [7, 11) is 0.